The second kappa shape index (κ2) is 5.07. The molecule has 0 N–H and O–H groups in total. The van der Waals surface area contributed by atoms with Gasteiger partial charge in [0.05, 0.1) is 0 Å². The molecule has 1 fully saturated rings. The number of rotatable bonds is 3. The highest BCUT2D eigenvalue weighted by atomic mass is 35.5. The molecule has 0 aliphatic carbocycles. The van der Waals surface area contributed by atoms with E-state index in [0.29, 0.717) is 35.9 Å². The number of carbonyl (C=O) groups is 2. The Morgan fingerprint density at radius 1 is 1.00 bits per heavy atom. The lowest BCUT2D eigenvalue weighted by molar-refractivity contribution is -0.138. The van der Waals surface area contributed by atoms with Crippen molar-refractivity contribution in [1.82, 2.24) is 4.90 Å². The minimum atomic E-state index is -0.0943. The van der Waals surface area contributed by atoms with E-state index in [1.165, 1.54) is 4.90 Å². The Hall–Kier alpha value is -1.06. The van der Waals surface area contributed by atoms with Gasteiger partial charge in [-0.1, -0.05) is 23.2 Å². The van der Waals surface area contributed by atoms with Crippen LogP contribution in [0.2, 0.25) is 10.0 Å². The molecule has 2 rings (SSSR count). The third-order valence-corrected chi connectivity index (χ3v) is 3.14. The Bertz CT molecular complexity index is 437. The first kappa shape index (κ1) is 12.4. The van der Waals surface area contributed by atoms with Crippen LogP contribution < -0.4 is 0 Å². The van der Waals surface area contributed by atoms with E-state index in [0.717, 1.165) is 5.56 Å². The summed E-state index contributed by atoms with van der Waals surface area (Å²) >= 11 is 11.7. The summed E-state index contributed by atoms with van der Waals surface area (Å²) in [5, 5.41) is 1.12. The van der Waals surface area contributed by atoms with Crippen LogP contribution in [0.1, 0.15) is 18.4 Å². The van der Waals surface area contributed by atoms with Crippen LogP contribution in [0.15, 0.2) is 18.2 Å². The van der Waals surface area contributed by atoms with E-state index < -0.39 is 0 Å². The number of hydrogen-bond donors (Lipinski definition) is 0. The minimum absolute atomic E-state index is 0.0943. The average molecular weight is 272 g/mol. The number of imide groups is 1. The van der Waals surface area contributed by atoms with Gasteiger partial charge in [-0.25, -0.2) is 0 Å². The van der Waals surface area contributed by atoms with Crippen molar-refractivity contribution < 1.29 is 9.59 Å². The van der Waals surface area contributed by atoms with Gasteiger partial charge in [0.2, 0.25) is 11.8 Å². The summed E-state index contributed by atoms with van der Waals surface area (Å²) in [5.74, 6) is -0.189. The normalized spacial score (nSPS) is 15.8. The van der Waals surface area contributed by atoms with Crippen LogP contribution in [0, 0.1) is 0 Å². The predicted octanol–water partition coefficient (Wildman–Crippen LogP) is 2.68. The Balaban J connectivity index is 2.02. The lowest BCUT2D eigenvalue weighted by Crippen LogP contribution is -2.31. The summed E-state index contributed by atoms with van der Waals surface area (Å²) in [5.41, 5.74) is 0.926. The van der Waals surface area contributed by atoms with Crippen LogP contribution in [0.4, 0.5) is 0 Å². The Kier molecular flexibility index (Phi) is 3.69. The van der Waals surface area contributed by atoms with Gasteiger partial charge >= 0.3 is 0 Å². The maximum atomic E-state index is 11.4. The van der Waals surface area contributed by atoms with Crippen molar-refractivity contribution >= 4 is 35.0 Å². The zero-order valence-corrected chi connectivity index (χ0v) is 10.6. The number of carbonyl (C=O) groups excluding carboxylic acids is 2. The number of amides is 2. The highest BCUT2D eigenvalue weighted by Gasteiger charge is 2.28. The Morgan fingerprint density at radius 2 is 1.53 bits per heavy atom. The van der Waals surface area contributed by atoms with Gasteiger partial charge in [-0.3, -0.25) is 14.5 Å². The lowest BCUT2D eigenvalue weighted by atomic mass is 10.1. The molecule has 0 saturated carbocycles. The lowest BCUT2D eigenvalue weighted by Gasteiger charge is -2.13. The van der Waals surface area contributed by atoms with Gasteiger partial charge in [0.15, 0.2) is 0 Å². The summed E-state index contributed by atoms with van der Waals surface area (Å²) < 4.78 is 0. The molecule has 0 atom stereocenters. The summed E-state index contributed by atoms with van der Waals surface area (Å²) in [6.07, 6.45) is 1.24. The first-order valence-electron chi connectivity index (χ1n) is 5.34. The van der Waals surface area contributed by atoms with Crippen molar-refractivity contribution in [2.45, 2.75) is 19.3 Å². The average Bonchev–Trinajstić information content (AvgIpc) is 2.55. The highest BCUT2D eigenvalue weighted by Crippen LogP contribution is 2.20. The number of nitrogens with zero attached hydrogens (tertiary/aromatic N) is 1. The van der Waals surface area contributed by atoms with Gasteiger partial charge in [0.1, 0.15) is 0 Å². The van der Waals surface area contributed by atoms with E-state index in [4.69, 9.17) is 23.2 Å². The van der Waals surface area contributed by atoms with E-state index >= 15 is 0 Å². The van der Waals surface area contributed by atoms with Crippen LogP contribution in [0.25, 0.3) is 0 Å². The molecule has 17 heavy (non-hydrogen) atoms. The molecule has 5 heteroatoms. The number of halogens is 2. The van der Waals surface area contributed by atoms with Crippen molar-refractivity contribution in [3.8, 4) is 0 Å². The molecule has 2 amide bonds. The summed E-state index contributed by atoms with van der Waals surface area (Å²) in [6, 6.07) is 5.23. The van der Waals surface area contributed by atoms with Gasteiger partial charge in [-0.15, -0.1) is 0 Å². The molecule has 0 spiro atoms. The third kappa shape index (κ3) is 2.99. The van der Waals surface area contributed by atoms with Gasteiger partial charge in [-0.2, -0.15) is 0 Å². The second-order valence-electron chi connectivity index (χ2n) is 3.97. The first-order valence-corrected chi connectivity index (χ1v) is 6.10. The highest BCUT2D eigenvalue weighted by molar-refractivity contribution is 6.34. The van der Waals surface area contributed by atoms with Crippen LogP contribution in [0.3, 0.4) is 0 Å². The van der Waals surface area contributed by atoms with Gasteiger partial charge < -0.3 is 0 Å². The molecule has 1 aromatic rings. The second-order valence-corrected chi connectivity index (χ2v) is 4.84. The molecule has 1 saturated heterocycles. The molecule has 1 heterocycles. The fourth-order valence-electron chi connectivity index (χ4n) is 1.87. The van der Waals surface area contributed by atoms with Gasteiger partial charge in [0.25, 0.3) is 0 Å². The molecular formula is C12H11Cl2NO2. The number of benzene rings is 1. The van der Waals surface area contributed by atoms with E-state index in [-0.39, 0.29) is 11.8 Å². The monoisotopic (exact) mass is 271 g/mol. The van der Waals surface area contributed by atoms with Gasteiger partial charge in [0, 0.05) is 29.4 Å². The first-order chi connectivity index (χ1) is 8.06. The summed E-state index contributed by atoms with van der Waals surface area (Å²) in [7, 11) is 0. The number of hydrogen-bond acceptors (Lipinski definition) is 2. The van der Waals surface area contributed by atoms with Crippen molar-refractivity contribution in [3.63, 3.8) is 0 Å². The van der Waals surface area contributed by atoms with Crippen LogP contribution >= 0.6 is 23.2 Å². The minimum Gasteiger partial charge on any atom is -0.282 e. The van der Waals surface area contributed by atoms with Crippen molar-refractivity contribution in [2.24, 2.45) is 0 Å². The van der Waals surface area contributed by atoms with Crippen LogP contribution in [0.5, 0.6) is 0 Å². The maximum absolute atomic E-state index is 11.4. The maximum Gasteiger partial charge on any atom is 0.229 e. The molecule has 0 aromatic heterocycles. The molecule has 1 aromatic carbocycles. The summed E-state index contributed by atoms with van der Waals surface area (Å²) in [4.78, 5) is 24.1. The quantitative estimate of drug-likeness (QED) is 0.793. The SMILES string of the molecule is O=C1CCC(=O)N1CCc1cc(Cl)cc(Cl)c1. The zero-order valence-electron chi connectivity index (χ0n) is 9.08. The van der Waals surface area contributed by atoms with Crippen LogP contribution in [-0.2, 0) is 16.0 Å². The topological polar surface area (TPSA) is 37.4 Å². The molecule has 0 unspecified atom stereocenters. The molecule has 0 radical (unpaired) electrons. The zero-order chi connectivity index (χ0) is 12.4. The van der Waals surface area contributed by atoms with Crippen molar-refractivity contribution in [3.05, 3.63) is 33.8 Å². The fraction of sp³-hybridized carbons (Fsp3) is 0.333. The molecule has 0 bridgehead atoms. The largest absolute Gasteiger partial charge is 0.282 e. The van der Waals surface area contributed by atoms with E-state index in [2.05, 4.69) is 0 Å². The third-order valence-electron chi connectivity index (χ3n) is 2.70. The molecule has 1 aliphatic heterocycles. The van der Waals surface area contributed by atoms with Crippen molar-refractivity contribution in [2.75, 3.05) is 6.54 Å². The Morgan fingerprint density at radius 3 is 2.06 bits per heavy atom. The predicted molar refractivity (Wildman–Crippen MR) is 66.1 cm³/mol. The Labute approximate surface area is 109 Å². The van der Waals surface area contributed by atoms with Crippen molar-refractivity contribution in [1.29, 1.82) is 0 Å². The van der Waals surface area contributed by atoms with E-state index in [9.17, 15) is 9.59 Å². The molecular weight excluding hydrogens is 261 g/mol. The van der Waals surface area contributed by atoms with Crippen LogP contribution in [-0.4, -0.2) is 23.3 Å². The molecule has 1 aliphatic rings. The van der Waals surface area contributed by atoms with E-state index in [1.807, 2.05) is 0 Å². The molecule has 90 valence electrons. The standard InChI is InChI=1S/C12H11Cl2NO2/c13-9-5-8(6-10(14)7-9)3-4-15-11(16)1-2-12(15)17/h5-7H,1-4H2. The molecule has 3 nitrogen and oxygen atoms in total. The van der Waals surface area contributed by atoms with E-state index in [1.54, 1.807) is 18.2 Å². The summed E-state index contributed by atoms with van der Waals surface area (Å²) in [6.45, 7) is 0.397. The number of likely N-dealkylation sites (tertiary alicyclic amines) is 1. The van der Waals surface area contributed by atoms with Gasteiger partial charge in [-0.05, 0) is 30.2 Å². The smallest absolute Gasteiger partial charge is 0.229 e. The fourth-order valence-corrected chi connectivity index (χ4v) is 2.44.